The highest BCUT2D eigenvalue weighted by molar-refractivity contribution is 7.46. The van der Waals surface area contributed by atoms with Crippen molar-refractivity contribution in [3.63, 3.8) is 0 Å². The molecular weight excluding hydrogens is 753 g/mol. The van der Waals surface area contributed by atoms with Crippen molar-refractivity contribution in [3.05, 3.63) is 95.6 Å². The summed E-state index contributed by atoms with van der Waals surface area (Å²) in [6, 6.07) is 18.6. The lowest BCUT2D eigenvalue weighted by molar-refractivity contribution is -0.152. The van der Waals surface area contributed by atoms with Crippen LogP contribution >= 0.6 is 7.82 Å². The number of hydrogen-bond acceptors (Lipinski definition) is 7. The van der Waals surface area contributed by atoms with E-state index in [2.05, 4.69) is 14.8 Å². The van der Waals surface area contributed by atoms with Gasteiger partial charge in [-0.1, -0.05) is 60.7 Å². The second-order valence-electron chi connectivity index (χ2n) is 12.2. The monoisotopic (exact) mass is 786 g/mol. The van der Waals surface area contributed by atoms with Crippen LogP contribution in [0.3, 0.4) is 0 Å². The van der Waals surface area contributed by atoms with E-state index in [1.54, 1.807) is 36.4 Å². The fraction of sp³-hybridized carbons (Fsp3) is 0.324. The summed E-state index contributed by atoms with van der Waals surface area (Å²) in [5.74, 6) is -11.5. The van der Waals surface area contributed by atoms with E-state index in [1.807, 2.05) is 0 Å². The van der Waals surface area contributed by atoms with Gasteiger partial charge in [0, 0.05) is 42.3 Å². The number of halogens is 6. The number of benzene rings is 3. The number of carbonyl (C=O) groups excluding carboxylic acids is 3. The number of fused-ring (bicyclic) bond motifs is 1. The minimum Gasteiger partial charge on any atom is -0.481 e. The molecule has 0 aromatic heterocycles. The van der Waals surface area contributed by atoms with E-state index in [4.69, 9.17) is 15.5 Å². The molecule has 0 bridgehead atoms. The molecule has 3 amide bonds. The first-order valence-corrected chi connectivity index (χ1v) is 17.5. The Labute approximate surface area is 303 Å². The summed E-state index contributed by atoms with van der Waals surface area (Å²) >= 11 is 0. The third-order valence-electron chi connectivity index (χ3n) is 8.37. The van der Waals surface area contributed by atoms with E-state index < -0.39 is 100 Å². The van der Waals surface area contributed by atoms with Crippen molar-refractivity contribution in [2.24, 2.45) is 22.6 Å². The number of nitrogens with zero attached hydrogens (tertiary/aromatic N) is 2. The molecule has 1 heterocycles. The maximum Gasteiger partial charge on any atom is 0.524 e. The Morgan fingerprint density at radius 2 is 1.43 bits per heavy atom. The Bertz CT molecular complexity index is 1920. The number of primary amides is 1. The number of phosphoric ester groups is 1. The molecule has 0 fully saturated rings. The van der Waals surface area contributed by atoms with E-state index in [0.29, 0.717) is 5.56 Å². The number of aliphatic carboxylic acids is 1. The molecule has 4 atom stereocenters. The van der Waals surface area contributed by atoms with Gasteiger partial charge in [-0.3, -0.25) is 29.0 Å². The van der Waals surface area contributed by atoms with Crippen LogP contribution in [-0.2, 0) is 23.7 Å². The number of carbonyl (C=O) groups is 4. The third-order valence-corrected chi connectivity index (χ3v) is 8.82. The topological polar surface area (TPSA) is 209 Å². The summed E-state index contributed by atoms with van der Waals surface area (Å²) < 4.78 is 95.3. The fourth-order valence-electron chi connectivity index (χ4n) is 5.88. The normalized spacial score (nSPS) is 16.7. The number of hydrogen-bond donors (Lipinski definition) is 5. The molecular formula is C34H33F6N4O9P. The van der Waals surface area contributed by atoms with Gasteiger partial charge in [0.15, 0.2) is 0 Å². The molecule has 0 aliphatic carbocycles. The predicted molar refractivity (Wildman–Crippen MR) is 179 cm³/mol. The fourth-order valence-corrected chi connectivity index (χ4v) is 6.28. The van der Waals surface area contributed by atoms with Gasteiger partial charge in [-0.05, 0) is 36.6 Å². The maximum atomic E-state index is 14.4. The molecule has 6 N–H and O–H groups in total. The third kappa shape index (κ3) is 11.4. The number of nitrogens with one attached hydrogen (secondary N) is 1. The number of para-hydroxylation sites is 1. The summed E-state index contributed by atoms with van der Waals surface area (Å²) in [6.45, 7) is -0.666. The van der Waals surface area contributed by atoms with Gasteiger partial charge in [-0.15, -0.1) is 0 Å². The molecule has 4 rings (SSSR count). The molecule has 1 aliphatic heterocycles. The number of rotatable bonds is 15. The Hall–Kier alpha value is -5.26. The van der Waals surface area contributed by atoms with Gasteiger partial charge >= 0.3 is 26.1 Å². The average Bonchev–Trinajstić information content (AvgIpc) is 3.18. The number of amides is 3. The van der Waals surface area contributed by atoms with Crippen LogP contribution < -0.4 is 20.5 Å². The summed E-state index contributed by atoms with van der Waals surface area (Å²) in [4.78, 5) is 76.8. The lowest BCUT2D eigenvalue weighted by Gasteiger charge is -2.30. The summed E-state index contributed by atoms with van der Waals surface area (Å²) in [6.07, 6.45) is -17.4. The molecule has 1 unspecified atom stereocenters. The molecule has 54 heavy (non-hydrogen) atoms. The summed E-state index contributed by atoms with van der Waals surface area (Å²) in [5, 5.41) is 12.5. The minimum absolute atomic E-state index is 0.0288. The standard InChI is InChI=1S/C34H33F6N4O9P/c35-33(36,37)16-14-22(28(41)45)23(15-17-34(38,39)40)30(46)43-29-31(47)44(18-25(32(48)49)19-10-12-21(13-11-19)53-54(50,51)52)26-9-5-4-8-24(26)27(42-29)20-6-2-1-3-7-20/h1-13,22-23,25,29H,14-18H2,(H2,41,45)(H,43,46)(H,48,49)(H2,50,51,52)/t22-,23+,25?,29+/m0/s1. The van der Waals surface area contributed by atoms with E-state index in [9.17, 15) is 55.2 Å². The highest BCUT2D eigenvalue weighted by atomic mass is 31.2. The Morgan fingerprint density at radius 1 is 0.870 bits per heavy atom. The van der Waals surface area contributed by atoms with Gasteiger partial charge in [-0.25, -0.2) is 9.56 Å². The Kier molecular flexibility index (Phi) is 12.9. The summed E-state index contributed by atoms with van der Waals surface area (Å²) in [5.41, 5.74) is 6.12. The molecule has 0 saturated carbocycles. The quantitative estimate of drug-likeness (QED) is 0.103. The highest BCUT2D eigenvalue weighted by Gasteiger charge is 2.42. The molecule has 290 valence electrons. The van der Waals surface area contributed by atoms with Crippen LogP contribution in [0.4, 0.5) is 32.0 Å². The van der Waals surface area contributed by atoms with Crippen molar-refractivity contribution < 1.29 is 69.5 Å². The van der Waals surface area contributed by atoms with Gasteiger partial charge in [0.2, 0.25) is 18.0 Å². The van der Waals surface area contributed by atoms with Gasteiger partial charge in [0.1, 0.15) is 5.75 Å². The van der Waals surface area contributed by atoms with Gasteiger partial charge in [0.05, 0.1) is 17.3 Å². The number of anilines is 1. The number of phosphoric acid groups is 1. The van der Waals surface area contributed by atoms with E-state index >= 15 is 0 Å². The van der Waals surface area contributed by atoms with Gasteiger partial charge < -0.3 is 25.6 Å². The first-order valence-electron chi connectivity index (χ1n) is 16.0. The van der Waals surface area contributed by atoms with Crippen LogP contribution in [0.25, 0.3) is 0 Å². The lowest BCUT2D eigenvalue weighted by atomic mass is 9.83. The molecule has 20 heteroatoms. The van der Waals surface area contributed by atoms with Crippen molar-refractivity contribution in [2.45, 2.75) is 50.1 Å². The van der Waals surface area contributed by atoms with E-state index in [1.165, 1.54) is 30.3 Å². The van der Waals surface area contributed by atoms with Crippen molar-refractivity contribution in [3.8, 4) is 5.75 Å². The second kappa shape index (κ2) is 16.8. The zero-order valence-corrected chi connectivity index (χ0v) is 28.7. The maximum absolute atomic E-state index is 14.4. The van der Waals surface area contributed by atoms with Crippen LogP contribution in [0.2, 0.25) is 0 Å². The summed E-state index contributed by atoms with van der Waals surface area (Å²) in [7, 11) is -4.97. The van der Waals surface area contributed by atoms with Crippen molar-refractivity contribution in [1.82, 2.24) is 5.32 Å². The zero-order valence-electron chi connectivity index (χ0n) is 27.8. The largest absolute Gasteiger partial charge is 0.524 e. The molecule has 0 radical (unpaired) electrons. The molecule has 3 aromatic carbocycles. The second-order valence-corrected chi connectivity index (χ2v) is 13.3. The number of carboxylic acid groups (broad SMARTS) is 1. The number of alkyl halides is 6. The van der Waals surface area contributed by atoms with E-state index in [-0.39, 0.29) is 28.3 Å². The van der Waals surface area contributed by atoms with Crippen LogP contribution in [0.1, 0.15) is 48.3 Å². The zero-order chi connectivity index (χ0) is 40.0. The smallest absolute Gasteiger partial charge is 0.481 e. The highest BCUT2D eigenvalue weighted by Crippen LogP contribution is 2.38. The van der Waals surface area contributed by atoms with Gasteiger partial charge in [-0.2, -0.15) is 26.3 Å². The number of benzodiazepines with no additional fused rings is 1. The van der Waals surface area contributed by atoms with Gasteiger partial charge in [0.25, 0.3) is 5.91 Å². The SMILES string of the molecule is NC(=O)[C@@H](CCC(F)(F)F)[C@@H](CCC(F)(F)F)C(=O)N[C@H]1N=C(c2ccccc2)c2ccccc2N(CC(C(=O)O)c2ccc(OP(=O)(O)O)cc2)C1=O. The number of aliphatic imine (C=N–C) groups is 1. The molecule has 3 aromatic rings. The van der Waals surface area contributed by atoms with Crippen LogP contribution in [-0.4, -0.2) is 69.4 Å². The van der Waals surface area contributed by atoms with Crippen LogP contribution in [0, 0.1) is 11.8 Å². The Morgan fingerprint density at radius 3 is 1.96 bits per heavy atom. The van der Waals surface area contributed by atoms with E-state index in [0.717, 1.165) is 17.0 Å². The number of nitrogens with two attached hydrogens (primary N) is 1. The van der Waals surface area contributed by atoms with Crippen LogP contribution in [0.5, 0.6) is 5.75 Å². The lowest BCUT2D eigenvalue weighted by Crippen LogP contribution is -2.52. The first-order chi connectivity index (χ1) is 25.1. The Balaban J connectivity index is 1.81. The number of carboxylic acids is 1. The molecule has 0 spiro atoms. The first kappa shape index (κ1) is 41.5. The average molecular weight is 787 g/mol. The minimum atomic E-state index is -4.97. The molecule has 13 nitrogen and oxygen atoms in total. The van der Waals surface area contributed by atoms with Crippen molar-refractivity contribution in [2.75, 3.05) is 11.4 Å². The van der Waals surface area contributed by atoms with Crippen molar-refractivity contribution >= 4 is 42.9 Å². The molecule has 0 saturated heterocycles. The molecule has 1 aliphatic rings. The van der Waals surface area contributed by atoms with Crippen LogP contribution in [0.15, 0.2) is 83.9 Å². The predicted octanol–water partition coefficient (Wildman–Crippen LogP) is 5.06. The van der Waals surface area contributed by atoms with Crippen molar-refractivity contribution in [1.29, 1.82) is 0 Å².